The van der Waals surface area contributed by atoms with E-state index in [4.69, 9.17) is 16.6 Å². The molecule has 0 aromatic heterocycles. The Kier molecular flexibility index (Phi) is 4.04. The van der Waals surface area contributed by atoms with Gasteiger partial charge in [0.25, 0.3) is 0 Å². The molecule has 102 valence electrons. The second-order valence-electron chi connectivity index (χ2n) is 5.60. The Morgan fingerprint density at radius 1 is 1.21 bits per heavy atom. The first-order valence-electron chi connectivity index (χ1n) is 6.91. The van der Waals surface area contributed by atoms with Crippen LogP contribution in [0.3, 0.4) is 0 Å². The SMILES string of the molecule is Clc1ccc(CNC2=NCC3(CCCC3)CS2)cc1. The zero-order valence-corrected chi connectivity index (χ0v) is 12.6. The van der Waals surface area contributed by atoms with Gasteiger partial charge in [0, 0.05) is 23.9 Å². The molecule has 1 saturated carbocycles. The number of nitrogens with one attached hydrogen (secondary N) is 1. The van der Waals surface area contributed by atoms with E-state index < -0.39 is 0 Å². The fraction of sp³-hybridized carbons (Fsp3) is 0.533. The lowest BCUT2D eigenvalue weighted by molar-refractivity contribution is 0.358. The maximum Gasteiger partial charge on any atom is 0.156 e. The van der Waals surface area contributed by atoms with Crippen molar-refractivity contribution in [3.8, 4) is 0 Å². The van der Waals surface area contributed by atoms with Crippen molar-refractivity contribution in [2.24, 2.45) is 10.4 Å². The van der Waals surface area contributed by atoms with Crippen molar-refractivity contribution in [1.29, 1.82) is 0 Å². The van der Waals surface area contributed by atoms with E-state index >= 15 is 0 Å². The molecule has 1 aliphatic heterocycles. The molecule has 2 nitrogen and oxygen atoms in total. The van der Waals surface area contributed by atoms with Crippen molar-refractivity contribution < 1.29 is 0 Å². The molecule has 1 aromatic carbocycles. The van der Waals surface area contributed by atoms with Crippen LogP contribution in [0.2, 0.25) is 5.02 Å². The summed E-state index contributed by atoms with van der Waals surface area (Å²) in [4.78, 5) is 4.74. The van der Waals surface area contributed by atoms with Crippen molar-refractivity contribution in [2.75, 3.05) is 12.3 Å². The fourth-order valence-corrected chi connectivity index (χ4v) is 4.15. The van der Waals surface area contributed by atoms with Gasteiger partial charge in [-0.25, -0.2) is 0 Å². The molecule has 0 unspecified atom stereocenters. The molecular weight excluding hydrogens is 276 g/mol. The molecule has 19 heavy (non-hydrogen) atoms. The Morgan fingerprint density at radius 2 is 1.95 bits per heavy atom. The molecule has 3 rings (SSSR count). The zero-order valence-electron chi connectivity index (χ0n) is 11.0. The summed E-state index contributed by atoms with van der Waals surface area (Å²) in [6, 6.07) is 7.98. The lowest BCUT2D eigenvalue weighted by Crippen LogP contribution is -2.33. The number of benzene rings is 1. The molecule has 1 aromatic rings. The number of aliphatic imine (C=N–C) groups is 1. The first-order chi connectivity index (χ1) is 9.26. The van der Waals surface area contributed by atoms with Crippen molar-refractivity contribution in [2.45, 2.75) is 32.2 Å². The third kappa shape index (κ3) is 3.26. The van der Waals surface area contributed by atoms with E-state index in [2.05, 4.69) is 17.4 Å². The second kappa shape index (κ2) is 5.76. The van der Waals surface area contributed by atoms with Crippen molar-refractivity contribution in [1.82, 2.24) is 5.32 Å². The molecule has 0 radical (unpaired) electrons. The summed E-state index contributed by atoms with van der Waals surface area (Å²) in [7, 11) is 0. The van der Waals surface area contributed by atoms with Gasteiger partial charge in [-0.15, -0.1) is 0 Å². The summed E-state index contributed by atoms with van der Waals surface area (Å²) in [6.07, 6.45) is 5.52. The Labute approximate surface area is 124 Å². The van der Waals surface area contributed by atoms with E-state index in [0.29, 0.717) is 5.41 Å². The third-order valence-corrected chi connectivity index (χ3v) is 5.65. The molecule has 2 aliphatic rings. The van der Waals surface area contributed by atoms with Gasteiger partial charge in [0.15, 0.2) is 5.17 Å². The average molecular weight is 295 g/mol. The third-order valence-electron chi connectivity index (χ3n) is 4.09. The molecule has 1 spiro atoms. The molecule has 1 N–H and O–H groups in total. The molecule has 1 heterocycles. The quantitative estimate of drug-likeness (QED) is 0.888. The number of halogens is 1. The number of nitrogens with zero attached hydrogens (tertiary/aromatic N) is 1. The van der Waals surface area contributed by atoms with Crippen LogP contribution in [0.5, 0.6) is 0 Å². The molecule has 1 aliphatic carbocycles. The summed E-state index contributed by atoms with van der Waals surface area (Å²) >= 11 is 7.78. The molecule has 0 atom stereocenters. The normalized spacial score (nSPS) is 21.4. The number of rotatable bonds is 2. The van der Waals surface area contributed by atoms with Gasteiger partial charge in [-0.1, -0.05) is 48.3 Å². The number of thioether (sulfide) groups is 1. The predicted octanol–water partition coefficient (Wildman–Crippen LogP) is 4.09. The molecular formula is C15H19ClN2S. The highest BCUT2D eigenvalue weighted by atomic mass is 35.5. The smallest absolute Gasteiger partial charge is 0.156 e. The minimum absolute atomic E-state index is 0.524. The molecule has 0 saturated heterocycles. The predicted molar refractivity (Wildman–Crippen MR) is 84.0 cm³/mol. The van der Waals surface area contributed by atoms with Crippen molar-refractivity contribution >= 4 is 28.5 Å². The van der Waals surface area contributed by atoms with E-state index in [1.54, 1.807) is 0 Å². The molecule has 0 bridgehead atoms. The van der Waals surface area contributed by atoms with Crippen molar-refractivity contribution in [3.63, 3.8) is 0 Å². The van der Waals surface area contributed by atoms with Crippen LogP contribution in [-0.2, 0) is 6.54 Å². The van der Waals surface area contributed by atoms with Gasteiger partial charge in [0.1, 0.15) is 0 Å². The van der Waals surface area contributed by atoms with Gasteiger partial charge in [0.2, 0.25) is 0 Å². The minimum Gasteiger partial charge on any atom is -0.361 e. The summed E-state index contributed by atoms with van der Waals surface area (Å²) < 4.78 is 0. The van der Waals surface area contributed by atoms with Crippen molar-refractivity contribution in [3.05, 3.63) is 34.9 Å². The zero-order chi connectivity index (χ0) is 13.1. The van der Waals surface area contributed by atoms with E-state index in [-0.39, 0.29) is 0 Å². The molecule has 4 heteroatoms. The van der Waals surface area contributed by atoms with E-state index in [0.717, 1.165) is 23.3 Å². The average Bonchev–Trinajstić information content (AvgIpc) is 2.89. The molecule has 1 fully saturated rings. The molecule has 0 amide bonds. The topological polar surface area (TPSA) is 24.4 Å². The van der Waals surface area contributed by atoms with E-state index in [9.17, 15) is 0 Å². The van der Waals surface area contributed by atoms with Crippen LogP contribution in [0.25, 0.3) is 0 Å². The van der Waals surface area contributed by atoms with Gasteiger partial charge >= 0.3 is 0 Å². The first kappa shape index (κ1) is 13.3. The van der Waals surface area contributed by atoms with Crippen LogP contribution < -0.4 is 5.32 Å². The lowest BCUT2D eigenvalue weighted by Gasteiger charge is -2.31. The number of amidine groups is 1. The van der Waals surface area contributed by atoms with Gasteiger partial charge in [-0.3, -0.25) is 4.99 Å². The summed E-state index contributed by atoms with van der Waals surface area (Å²) in [5.74, 6) is 1.24. The van der Waals surface area contributed by atoms with Gasteiger partial charge in [-0.05, 0) is 36.0 Å². The summed E-state index contributed by atoms with van der Waals surface area (Å²) in [6.45, 7) is 1.85. The monoisotopic (exact) mass is 294 g/mol. The highest BCUT2D eigenvalue weighted by Crippen LogP contribution is 2.43. The van der Waals surface area contributed by atoms with E-state index in [1.165, 1.54) is 37.0 Å². The van der Waals surface area contributed by atoms with Gasteiger partial charge < -0.3 is 5.32 Å². The van der Waals surface area contributed by atoms with Crippen LogP contribution in [0.1, 0.15) is 31.2 Å². The maximum absolute atomic E-state index is 5.88. The van der Waals surface area contributed by atoms with Gasteiger partial charge in [-0.2, -0.15) is 0 Å². The highest BCUT2D eigenvalue weighted by molar-refractivity contribution is 8.13. The Morgan fingerprint density at radius 3 is 2.58 bits per heavy atom. The lowest BCUT2D eigenvalue weighted by atomic mass is 9.89. The highest BCUT2D eigenvalue weighted by Gasteiger charge is 2.36. The van der Waals surface area contributed by atoms with Crippen LogP contribution >= 0.6 is 23.4 Å². The Bertz CT molecular complexity index is 464. The van der Waals surface area contributed by atoms with Gasteiger partial charge in [0.05, 0.1) is 0 Å². The first-order valence-corrected chi connectivity index (χ1v) is 8.28. The number of hydrogen-bond donors (Lipinski definition) is 1. The van der Waals surface area contributed by atoms with Crippen LogP contribution in [0, 0.1) is 5.41 Å². The standard InChI is InChI=1S/C15H19ClN2S/c16-13-5-3-12(4-6-13)9-17-14-18-10-15(11-19-14)7-1-2-8-15/h3-6H,1-2,7-11H2,(H,17,18). The fourth-order valence-electron chi connectivity index (χ4n) is 2.87. The Balaban J connectivity index is 1.54. The second-order valence-corrected chi connectivity index (χ2v) is 7.00. The summed E-state index contributed by atoms with van der Waals surface area (Å²) in [5.41, 5.74) is 1.77. The van der Waals surface area contributed by atoms with E-state index in [1.807, 2.05) is 23.9 Å². The summed E-state index contributed by atoms with van der Waals surface area (Å²) in [5, 5.41) is 5.33. The van der Waals surface area contributed by atoms with Crippen LogP contribution in [-0.4, -0.2) is 17.5 Å². The maximum atomic E-state index is 5.88. The Hall–Kier alpha value is -0.670. The minimum atomic E-state index is 0.524. The largest absolute Gasteiger partial charge is 0.361 e. The van der Waals surface area contributed by atoms with Crippen LogP contribution in [0.15, 0.2) is 29.3 Å². The van der Waals surface area contributed by atoms with Crippen LogP contribution in [0.4, 0.5) is 0 Å². The number of hydrogen-bond acceptors (Lipinski definition) is 3.